The number of amides is 4. The summed E-state index contributed by atoms with van der Waals surface area (Å²) in [5.41, 5.74) is 1.72. The van der Waals surface area contributed by atoms with Crippen LogP contribution in [0.5, 0.6) is 0 Å². The molecule has 31 heavy (non-hydrogen) atoms. The Hall–Kier alpha value is -2.41. The Balaban J connectivity index is 1.25. The number of rotatable bonds is 6. The predicted molar refractivity (Wildman–Crippen MR) is 119 cm³/mol. The van der Waals surface area contributed by atoms with Crippen molar-refractivity contribution in [2.75, 3.05) is 18.9 Å². The smallest absolute Gasteiger partial charge is 0.322 e. The standard InChI is InChI=1S/C24H34N4O3/c1-15-4-6-20(7-5-15)25-21(29)14-28(3)16(2)22(30)26-23(31)27-24-11-17-8-18(12-24)10-19(9-17)13-24/h4-7,16-19H,8-14H2,1-3H3,(H,25,29)(H2,26,27,30,31)/p+1/t16-,17?,18?,19?,24?/m1/s1. The van der Waals surface area contributed by atoms with Crippen molar-refractivity contribution in [2.24, 2.45) is 17.8 Å². The highest BCUT2D eigenvalue weighted by atomic mass is 16.2. The van der Waals surface area contributed by atoms with Gasteiger partial charge in [-0.05, 0) is 82.3 Å². The summed E-state index contributed by atoms with van der Waals surface area (Å²) in [6, 6.07) is 6.66. The quantitative estimate of drug-likeness (QED) is 0.556. The second-order valence-corrected chi connectivity index (χ2v) is 10.3. The molecule has 7 nitrogen and oxygen atoms in total. The summed E-state index contributed by atoms with van der Waals surface area (Å²) in [5, 5.41) is 8.54. The van der Waals surface area contributed by atoms with Gasteiger partial charge in [0, 0.05) is 11.2 Å². The van der Waals surface area contributed by atoms with Gasteiger partial charge in [-0.15, -0.1) is 0 Å². The van der Waals surface area contributed by atoms with Gasteiger partial charge in [-0.1, -0.05) is 17.7 Å². The maximum absolute atomic E-state index is 12.6. The summed E-state index contributed by atoms with van der Waals surface area (Å²) < 4.78 is 0. The SMILES string of the molecule is Cc1ccc(NC(=O)C[NH+](C)[C@H](C)C(=O)NC(=O)NC23CC4CC(CC(C4)C2)C3)cc1. The number of carbonyl (C=O) groups is 3. The summed E-state index contributed by atoms with van der Waals surface area (Å²) in [5.74, 6) is 1.65. The molecule has 0 aromatic heterocycles. The maximum atomic E-state index is 12.6. The zero-order valence-electron chi connectivity index (χ0n) is 18.8. The number of nitrogens with one attached hydrogen (secondary N) is 4. The van der Waals surface area contributed by atoms with Gasteiger partial charge in [-0.2, -0.15) is 0 Å². The lowest BCUT2D eigenvalue weighted by Gasteiger charge is -2.56. The van der Waals surface area contributed by atoms with Crippen LogP contribution in [0.25, 0.3) is 0 Å². The van der Waals surface area contributed by atoms with Crippen LogP contribution in [0.2, 0.25) is 0 Å². The molecule has 5 rings (SSSR count). The van der Waals surface area contributed by atoms with E-state index in [2.05, 4.69) is 16.0 Å². The van der Waals surface area contributed by atoms with Crippen molar-refractivity contribution in [2.45, 2.75) is 64.0 Å². The Labute approximate surface area is 184 Å². The zero-order valence-corrected chi connectivity index (χ0v) is 18.8. The lowest BCUT2D eigenvalue weighted by molar-refractivity contribution is -0.885. The van der Waals surface area contributed by atoms with E-state index in [0.717, 1.165) is 53.2 Å². The topological polar surface area (TPSA) is 91.7 Å². The lowest BCUT2D eigenvalue weighted by Crippen LogP contribution is -3.15. The predicted octanol–water partition coefficient (Wildman–Crippen LogP) is 1.63. The molecule has 7 heteroatoms. The molecular formula is C24H35N4O3+. The molecule has 4 amide bonds. The van der Waals surface area contributed by atoms with E-state index in [1.54, 1.807) is 14.0 Å². The third kappa shape index (κ3) is 5.09. The normalized spacial score (nSPS) is 30.4. The molecule has 1 aromatic rings. The van der Waals surface area contributed by atoms with Crippen molar-refractivity contribution in [1.29, 1.82) is 0 Å². The summed E-state index contributed by atoms with van der Waals surface area (Å²) >= 11 is 0. The number of aryl methyl sites for hydroxylation is 1. The molecule has 4 saturated carbocycles. The first kappa shape index (κ1) is 21.8. The summed E-state index contributed by atoms with van der Waals surface area (Å²) in [6.45, 7) is 3.87. The second kappa shape index (κ2) is 8.61. The number of urea groups is 1. The van der Waals surface area contributed by atoms with E-state index >= 15 is 0 Å². The molecule has 4 fully saturated rings. The monoisotopic (exact) mass is 427 g/mol. The van der Waals surface area contributed by atoms with Crippen molar-refractivity contribution in [3.8, 4) is 0 Å². The van der Waals surface area contributed by atoms with Gasteiger partial charge in [-0.25, -0.2) is 4.79 Å². The first-order valence-electron chi connectivity index (χ1n) is 11.5. The average molecular weight is 428 g/mol. The fourth-order valence-electron chi connectivity index (χ4n) is 6.23. The van der Waals surface area contributed by atoms with Crippen molar-refractivity contribution < 1.29 is 19.3 Å². The fraction of sp³-hybridized carbons (Fsp3) is 0.625. The number of anilines is 1. The van der Waals surface area contributed by atoms with Crippen molar-refractivity contribution >= 4 is 23.5 Å². The van der Waals surface area contributed by atoms with Crippen LogP contribution in [0.15, 0.2) is 24.3 Å². The van der Waals surface area contributed by atoms with Gasteiger partial charge < -0.3 is 15.5 Å². The summed E-state index contributed by atoms with van der Waals surface area (Å²) in [4.78, 5) is 38.3. The molecule has 4 aliphatic rings. The molecule has 0 radical (unpaired) electrons. The molecule has 4 bridgehead atoms. The lowest BCUT2D eigenvalue weighted by atomic mass is 9.53. The molecule has 2 atom stereocenters. The molecule has 0 aliphatic heterocycles. The van der Waals surface area contributed by atoms with Crippen LogP contribution < -0.4 is 20.9 Å². The van der Waals surface area contributed by atoms with E-state index in [1.165, 1.54) is 19.3 Å². The Morgan fingerprint density at radius 2 is 1.58 bits per heavy atom. The third-order valence-electron chi connectivity index (χ3n) is 7.56. The number of benzene rings is 1. The van der Waals surface area contributed by atoms with Gasteiger partial charge in [-0.3, -0.25) is 14.9 Å². The van der Waals surface area contributed by atoms with Gasteiger partial charge in [0.15, 0.2) is 12.6 Å². The second-order valence-electron chi connectivity index (χ2n) is 10.3. The van der Waals surface area contributed by atoms with E-state index in [-0.39, 0.29) is 23.9 Å². The highest BCUT2D eigenvalue weighted by Gasteiger charge is 2.51. The van der Waals surface area contributed by atoms with Gasteiger partial charge in [0.1, 0.15) is 0 Å². The van der Waals surface area contributed by atoms with E-state index < -0.39 is 12.1 Å². The van der Waals surface area contributed by atoms with Crippen molar-refractivity contribution in [1.82, 2.24) is 10.6 Å². The van der Waals surface area contributed by atoms with E-state index in [4.69, 9.17) is 0 Å². The highest BCUT2D eigenvalue weighted by Crippen LogP contribution is 2.55. The number of carbonyl (C=O) groups excluding carboxylic acids is 3. The molecule has 4 aliphatic carbocycles. The minimum absolute atomic E-state index is 0.130. The van der Waals surface area contributed by atoms with Crippen LogP contribution >= 0.6 is 0 Å². The average Bonchev–Trinajstić information content (AvgIpc) is 2.67. The van der Waals surface area contributed by atoms with Gasteiger partial charge in [0.05, 0.1) is 7.05 Å². The molecule has 1 aromatic carbocycles. The largest absolute Gasteiger partial charge is 0.332 e. The van der Waals surface area contributed by atoms with Crippen LogP contribution in [0, 0.1) is 24.7 Å². The van der Waals surface area contributed by atoms with Crippen molar-refractivity contribution in [3.63, 3.8) is 0 Å². The van der Waals surface area contributed by atoms with E-state index in [1.807, 2.05) is 31.2 Å². The Morgan fingerprint density at radius 1 is 1.03 bits per heavy atom. The van der Waals surface area contributed by atoms with Crippen LogP contribution in [0.1, 0.15) is 51.0 Å². The molecule has 1 unspecified atom stereocenters. The van der Waals surface area contributed by atoms with Crippen LogP contribution in [-0.2, 0) is 9.59 Å². The van der Waals surface area contributed by atoms with E-state index in [9.17, 15) is 14.4 Å². The molecule has 0 spiro atoms. The van der Waals surface area contributed by atoms with Crippen molar-refractivity contribution in [3.05, 3.63) is 29.8 Å². The number of hydrogen-bond acceptors (Lipinski definition) is 3. The first-order valence-corrected chi connectivity index (χ1v) is 11.5. The zero-order chi connectivity index (χ0) is 22.2. The minimum Gasteiger partial charge on any atom is -0.332 e. The number of imide groups is 1. The Bertz CT molecular complexity index is 816. The Kier molecular flexibility index (Phi) is 6.06. The molecule has 4 N–H and O–H groups in total. The van der Waals surface area contributed by atoms with Crippen LogP contribution in [0.3, 0.4) is 0 Å². The van der Waals surface area contributed by atoms with Gasteiger partial charge in [0.25, 0.3) is 11.8 Å². The molecule has 0 saturated heterocycles. The number of likely N-dealkylation sites (N-methyl/N-ethyl adjacent to an activating group) is 1. The fourth-order valence-corrected chi connectivity index (χ4v) is 6.23. The molecular weight excluding hydrogens is 392 g/mol. The molecule has 168 valence electrons. The first-order chi connectivity index (χ1) is 14.7. The van der Waals surface area contributed by atoms with Gasteiger partial charge >= 0.3 is 6.03 Å². The molecule has 0 heterocycles. The van der Waals surface area contributed by atoms with Gasteiger partial charge in [0.2, 0.25) is 0 Å². The highest BCUT2D eigenvalue weighted by molar-refractivity contribution is 5.96. The maximum Gasteiger partial charge on any atom is 0.322 e. The summed E-state index contributed by atoms with van der Waals surface area (Å²) in [6.07, 6.45) is 7.04. The minimum atomic E-state index is -0.522. The number of hydrogen-bond donors (Lipinski definition) is 4. The Morgan fingerprint density at radius 3 is 2.13 bits per heavy atom. The summed E-state index contributed by atoms with van der Waals surface area (Å²) in [7, 11) is 1.79. The van der Waals surface area contributed by atoms with Crippen LogP contribution in [-0.4, -0.2) is 43.0 Å². The van der Waals surface area contributed by atoms with E-state index in [0.29, 0.717) is 0 Å². The third-order valence-corrected chi connectivity index (χ3v) is 7.56. The number of quaternary nitrogens is 1. The van der Waals surface area contributed by atoms with Crippen LogP contribution in [0.4, 0.5) is 10.5 Å².